The van der Waals surface area contributed by atoms with Crippen LogP contribution in [0.3, 0.4) is 0 Å². The minimum Gasteiger partial charge on any atom is -0.491 e. The third-order valence-electron chi connectivity index (χ3n) is 2.60. The van der Waals surface area contributed by atoms with Gasteiger partial charge in [0, 0.05) is 18.5 Å². The standard InChI is InChI=1S/C14H21N3O3/c1-3-8-20-12-5-4-10(14(15)19)9-11(12)17-13(18)6-7-16-2/h4-5,9,16H,3,6-8H2,1-2H3,(H2,15,19)(H,17,18). The van der Waals surface area contributed by atoms with Crippen LogP contribution in [0.25, 0.3) is 0 Å². The molecular weight excluding hydrogens is 258 g/mol. The summed E-state index contributed by atoms with van der Waals surface area (Å²) in [7, 11) is 1.77. The monoisotopic (exact) mass is 279 g/mol. The van der Waals surface area contributed by atoms with Crippen LogP contribution >= 0.6 is 0 Å². The molecule has 6 heteroatoms. The molecule has 0 spiro atoms. The average Bonchev–Trinajstić information content (AvgIpc) is 2.43. The van der Waals surface area contributed by atoms with Gasteiger partial charge in [-0.15, -0.1) is 0 Å². The maximum atomic E-state index is 11.8. The van der Waals surface area contributed by atoms with Crippen molar-refractivity contribution in [2.24, 2.45) is 5.73 Å². The van der Waals surface area contributed by atoms with Gasteiger partial charge in [-0.25, -0.2) is 0 Å². The zero-order chi connectivity index (χ0) is 15.0. The smallest absolute Gasteiger partial charge is 0.248 e. The second kappa shape index (κ2) is 8.16. The van der Waals surface area contributed by atoms with E-state index in [4.69, 9.17) is 10.5 Å². The Kier molecular flexibility index (Phi) is 6.52. The van der Waals surface area contributed by atoms with Crippen LogP contribution in [0.5, 0.6) is 5.75 Å². The van der Waals surface area contributed by atoms with Crippen molar-refractivity contribution in [3.63, 3.8) is 0 Å². The summed E-state index contributed by atoms with van der Waals surface area (Å²) in [5.74, 6) is -0.158. The molecule has 0 atom stereocenters. The van der Waals surface area contributed by atoms with Gasteiger partial charge >= 0.3 is 0 Å². The number of carbonyl (C=O) groups excluding carboxylic acids is 2. The van der Waals surface area contributed by atoms with Crippen molar-refractivity contribution in [3.8, 4) is 5.75 Å². The molecule has 0 radical (unpaired) electrons. The highest BCUT2D eigenvalue weighted by molar-refractivity contribution is 5.97. The summed E-state index contributed by atoms with van der Waals surface area (Å²) < 4.78 is 5.54. The van der Waals surface area contributed by atoms with Crippen LogP contribution in [-0.4, -0.2) is 32.0 Å². The molecule has 0 bridgehead atoms. The van der Waals surface area contributed by atoms with Crippen molar-refractivity contribution in [1.29, 1.82) is 0 Å². The van der Waals surface area contributed by atoms with Crippen LogP contribution in [0, 0.1) is 0 Å². The Hall–Kier alpha value is -2.08. The first-order valence-electron chi connectivity index (χ1n) is 6.59. The molecule has 1 aromatic rings. The quantitative estimate of drug-likeness (QED) is 0.665. The lowest BCUT2D eigenvalue weighted by Crippen LogP contribution is -2.20. The SMILES string of the molecule is CCCOc1ccc(C(N)=O)cc1NC(=O)CCNC. The topological polar surface area (TPSA) is 93.4 Å². The Labute approximate surface area is 118 Å². The summed E-state index contributed by atoms with van der Waals surface area (Å²) in [6.07, 6.45) is 1.19. The van der Waals surface area contributed by atoms with Crippen LogP contribution in [0.1, 0.15) is 30.1 Å². The van der Waals surface area contributed by atoms with Gasteiger partial charge in [-0.05, 0) is 31.7 Å². The predicted octanol–water partition coefficient (Wildman–Crippen LogP) is 1.12. The lowest BCUT2D eigenvalue weighted by molar-refractivity contribution is -0.116. The van der Waals surface area contributed by atoms with E-state index in [1.165, 1.54) is 6.07 Å². The Bertz CT molecular complexity index is 475. The van der Waals surface area contributed by atoms with Gasteiger partial charge in [-0.3, -0.25) is 9.59 Å². The molecular formula is C14H21N3O3. The highest BCUT2D eigenvalue weighted by Gasteiger charge is 2.11. The van der Waals surface area contributed by atoms with Crippen LogP contribution < -0.4 is 21.1 Å². The van der Waals surface area contributed by atoms with E-state index in [1.54, 1.807) is 19.2 Å². The molecule has 0 saturated heterocycles. The van der Waals surface area contributed by atoms with E-state index in [-0.39, 0.29) is 5.91 Å². The molecule has 20 heavy (non-hydrogen) atoms. The van der Waals surface area contributed by atoms with Crippen LogP contribution in [0.4, 0.5) is 5.69 Å². The van der Waals surface area contributed by atoms with Gasteiger partial charge in [0.1, 0.15) is 5.75 Å². The summed E-state index contributed by atoms with van der Waals surface area (Å²) >= 11 is 0. The number of nitrogens with one attached hydrogen (secondary N) is 2. The molecule has 0 aliphatic heterocycles. The van der Waals surface area contributed by atoms with E-state index in [0.717, 1.165) is 6.42 Å². The second-order valence-corrected chi connectivity index (χ2v) is 4.33. The number of benzene rings is 1. The van der Waals surface area contributed by atoms with Gasteiger partial charge in [0.05, 0.1) is 12.3 Å². The number of anilines is 1. The van der Waals surface area contributed by atoms with Crippen LogP contribution in [0.15, 0.2) is 18.2 Å². The Morgan fingerprint density at radius 2 is 2.10 bits per heavy atom. The number of rotatable bonds is 8. The summed E-state index contributed by atoms with van der Waals surface area (Å²) in [5.41, 5.74) is 6.04. The predicted molar refractivity (Wildman–Crippen MR) is 77.9 cm³/mol. The number of nitrogens with two attached hydrogens (primary N) is 1. The summed E-state index contributed by atoms with van der Waals surface area (Å²) in [6, 6.07) is 4.75. The fraction of sp³-hybridized carbons (Fsp3) is 0.429. The van der Waals surface area contributed by atoms with E-state index in [9.17, 15) is 9.59 Å². The van der Waals surface area contributed by atoms with Gasteiger partial charge in [0.2, 0.25) is 11.8 Å². The highest BCUT2D eigenvalue weighted by Crippen LogP contribution is 2.26. The highest BCUT2D eigenvalue weighted by atomic mass is 16.5. The van der Waals surface area contributed by atoms with Crippen molar-refractivity contribution in [1.82, 2.24) is 5.32 Å². The summed E-state index contributed by atoms with van der Waals surface area (Å²) in [6.45, 7) is 3.10. The number of carbonyl (C=O) groups is 2. The van der Waals surface area contributed by atoms with Gasteiger partial charge in [0.25, 0.3) is 0 Å². The molecule has 1 aromatic carbocycles. The van der Waals surface area contributed by atoms with Gasteiger partial charge in [-0.2, -0.15) is 0 Å². The van der Waals surface area contributed by atoms with E-state index in [1.807, 2.05) is 6.92 Å². The zero-order valence-corrected chi connectivity index (χ0v) is 11.9. The summed E-state index contributed by atoms with van der Waals surface area (Å²) in [4.78, 5) is 23.0. The molecule has 6 nitrogen and oxygen atoms in total. The lowest BCUT2D eigenvalue weighted by Gasteiger charge is -2.13. The zero-order valence-electron chi connectivity index (χ0n) is 11.9. The third kappa shape index (κ3) is 4.89. The van der Waals surface area contributed by atoms with Crippen molar-refractivity contribution in [2.75, 3.05) is 25.5 Å². The van der Waals surface area contributed by atoms with Crippen LogP contribution in [-0.2, 0) is 4.79 Å². The fourth-order valence-corrected chi connectivity index (χ4v) is 1.57. The van der Waals surface area contributed by atoms with Crippen molar-refractivity contribution >= 4 is 17.5 Å². The molecule has 0 aliphatic carbocycles. The number of ether oxygens (including phenoxy) is 1. The molecule has 0 saturated carbocycles. The van der Waals surface area contributed by atoms with E-state index in [0.29, 0.717) is 36.6 Å². The molecule has 0 fully saturated rings. The molecule has 110 valence electrons. The molecule has 0 aromatic heterocycles. The first-order valence-corrected chi connectivity index (χ1v) is 6.59. The lowest BCUT2D eigenvalue weighted by atomic mass is 10.1. The molecule has 0 unspecified atom stereocenters. The first kappa shape index (κ1) is 16.0. The average molecular weight is 279 g/mol. The number of hydrogen-bond donors (Lipinski definition) is 3. The maximum absolute atomic E-state index is 11.8. The minimum atomic E-state index is -0.544. The Morgan fingerprint density at radius 1 is 1.35 bits per heavy atom. The van der Waals surface area contributed by atoms with Gasteiger partial charge in [0.15, 0.2) is 0 Å². The van der Waals surface area contributed by atoms with Crippen molar-refractivity contribution in [2.45, 2.75) is 19.8 Å². The Balaban J connectivity index is 2.89. The van der Waals surface area contributed by atoms with Crippen LogP contribution in [0.2, 0.25) is 0 Å². The van der Waals surface area contributed by atoms with E-state index >= 15 is 0 Å². The van der Waals surface area contributed by atoms with Crippen molar-refractivity contribution < 1.29 is 14.3 Å². The molecule has 1 rings (SSSR count). The van der Waals surface area contributed by atoms with E-state index < -0.39 is 5.91 Å². The maximum Gasteiger partial charge on any atom is 0.248 e. The molecule has 0 aliphatic rings. The molecule has 4 N–H and O–H groups in total. The number of primary amides is 1. The first-order chi connectivity index (χ1) is 9.58. The molecule has 0 heterocycles. The van der Waals surface area contributed by atoms with Gasteiger partial charge < -0.3 is 21.1 Å². The van der Waals surface area contributed by atoms with Gasteiger partial charge in [-0.1, -0.05) is 6.92 Å². The Morgan fingerprint density at radius 3 is 2.70 bits per heavy atom. The van der Waals surface area contributed by atoms with E-state index in [2.05, 4.69) is 10.6 Å². The minimum absolute atomic E-state index is 0.151. The fourth-order valence-electron chi connectivity index (χ4n) is 1.57. The third-order valence-corrected chi connectivity index (χ3v) is 2.60. The molecule has 2 amide bonds. The normalized spacial score (nSPS) is 10.1. The number of amides is 2. The summed E-state index contributed by atoms with van der Waals surface area (Å²) in [5, 5.41) is 5.63. The second-order valence-electron chi connectivity index (χ2n) is 4.33. The van der Waals surface area contributed by atoms with Crippen molar-refractivity contribution in [3.05, 3.63) is 23.8 Å². The largest absolute Gasteiger partial charge is 0.491 e. The number of hydrogen-bond acceptors (Lipinski definition) is 4.